The Labute approximate surface area is 124 Å². The Morgan fingerprint density at radius 1 is 1.29 bits per heavy atom. The highest BCUT2D eigenvalue weighted by molar-refractivity contribution is 5.67. The molecule has 0 amide bonds. The van der Waals surface area contributed by atoms with Crippen LogP contribution < -0.4 is 10.1 Å². The lowest BCUT2D eigenvalue weighted by Crippen LogP contribution is -2.55. The van der Waals surface area contributed by atoms with Crippen molar-refractivity contribution in [3.63, 3.8) is 0 Å². The molecule has 2 N–H and O–H groups in total. The zero-order valence-corrected chi connectivity index (χ0v) is 12.8. The van der Waals surface area contributed by atoms with Gasteiger partial charge in [-0.1, -0.05) is 6.92 Å². The van der Waals surface area contributed by atoms with Gasteiger partial charge in [0.15, 0.2) is 11.5 Å². The topological polar surface area (TPSA) is 60.0 Å². The van der Waals surface area contributed by atoms with Crippen LogP contribution in [0.4, 0.5) is 5.69 Å². The average Bonchev–Trinajstić information content (AvgIpc) is 2.90. The number of methoxy groups -OCH3 is 1. The molecule has 4 rings (SSSR count). The van der Waals surface area contributed by atoms with Gasteiger partial charge in [-0.3, -0.25) is 0 Å². The molecular formula is C16H21NO4. The molecule has 0 aromatic heterocycles. The summed E-state index contributed by atoms with van der Waals surface area (Å²) in [5, 5.41) is 14.6. The number of hydrogen-bond acceptors (Lipinski definition) is 5. The molecule has 1 aromatic carbocycles. The van der Waals surface area contributed by atoms with Crippen molar-refractivity contribution in [1.29, 1.82) is 0 Å². The lowest BCUT2D eigenvalue weighted by Gasteiger charge is -2.37. The Hall–Kier alpha value is -1.30. The maximum absolute atomic E-state index is 11.3. The fourth-order valence-corrected chi connectivity index (χ4v) is 4.16. The quantitative estimate of drug-likeness (QED) is 0.828. The summed E-state index contributed by atoms with van der Waals surface area (Å²) in [6, 6.07) is 5.84. The van der Waals surface area contributed by atoms with E-state index in [4.69, 9.17) is 14.2 Å². The number of hydrogen-bond donors (Lipinski definition) is 2. The molecule has 0 unspecified atom stereocenters. The smallest absolute Gasteiger partial charge is 0.174 e. The molecule has 0 bridgehead atoms. The van der Waals surface area contributed by atoms with Gasteiger partial charge in [0.05, 0.1) is 13.2 Å². The van der Waals surface area contributed by atoms with Crippen LogP contribution in [0.3, 0.4) is 0 Å². The highest BCUT2D eigenvalue weighted by Gasteiger charge is 2.70. The van der Waals surface area contributed by atoms with Gasteiger partial charge < -0.3 is 24.6 Å². The summed E-state index contributed by atoms with van der Waals surface area (Å²) in [7, 11) is 1.65. The van der Waals surface area contributed by atoms with E-state index in [1.165, 1.54) is 0 Å². The van der Waals surface area contributed by atoms with E-state index in [-0.39, 0.29) is 12.2 Å². The number of aliphatic hydroxyl groups is 1. The van der Waals surface area contributed by atoms with Gasteiger partial charge in [0.25, 0.3) is 0 Å². The van der Waals surface area contributed by atoms with Gasteiger partial charge in [-0.25, -0.2) is 0 Å². The van der Waals surface area contributed by atoms with Crippen molar-refractivity contribution in [2.45, 2.75) is 56.3 Å². The molecule has 2 aliphatic heterocycles. The van der Waals surface area contributed by atoms with E-state index in [1.54, 1.807) is 7.11 Å². The molecule has 0 spiro atoms. The Kier molecular flexibility index (Phi) is 2.37. The molecule has 2 fully saturated rings. The zero-order chi connectivity index (χ0) is 15.0. The predicted molar refractivity (Wildman–Crippen MR) is 77.4 cm³/mol. The molecule has 3 aliphatic rings. The summed E-state index contributed by atoms with van der Waals surface area (Å²) in [6.45, 7) is 5.83. The summed E-state index contributed by atoms with van der Waals surface area (Å²) in [4.78, 5) is 0. The number of anilines is 1. The Morgan fingerprint density at radius 3 is 2.76 bits per heavy atom. The Balaban J connectivity index is 1.80. The van der Waals surface area contributed by atoms with E-state index in [0.29, 0.717) is 6.42 Å². The molecule has 2 heterocycles. The fraction of sp³-hybridized carbons (Fsp3) is 0.625. The molecule has 1 saturated heterocycles. The third-order valence-corrected chi connectivity index (χ3v) is 5.19. The minimum atomic E-state index is -1.15. The van der Waals surface area contributed by atoms with Crippen LogP contribution >= 0.6 is 0 Å². The molecule has 5 nitrogen and oxygen atoms in total. The lowest BCUT2D eigenvalue weighted by molar-refractivity contribution is -0.183. The average molecular weight is 291 g/mol. The normalized spacial score (nSPS) is 42.1. The van der Waals surface area contributed by atoms with Crippen molar-refractivity contribution < 1.29 is 19.3 Å². The third-order valence-electron chi connectivity index (χ3n) is 5.19. The standard InChI is InChI=1S/C16H21NO4/c1-14(2)20-12-8-15(3)10-7-9(19-4)5-6-11(10)17-16(15,18)13(12)21-14/h5-7,12-13,17-18H,8H2,1-4H3/t12-,13-,15+,16-/m1/s1. The van der Waals surface area contributed by atoms with Crippen LogP contribution in [0.25, 0.3) is 0 Å². The first-order valence-electron chi connectivity index (χ1n) is 7.34. The maximum Gasteiger partial charge on any atom is 0.174 e. The summed E-state index contributed by atoms with van der Waals surface area (Å²) < 4.78 is 17.3. The van der Waals surface area contributed by atoms with Gasteiger partial charge in [-0.2, -0.15) is 0 Å². The fourth-order valence-electron chi connectivity index (χ4n) is 4.16. The molecule has 0 radical (unpaired) electrons. The molecule has 5 heteroatoms. The summed E-state index contributed by atoms with van der Waals surface area (Å²) in [5.74, 6) is 0.140. The summed E-state index contributed by atoms with van der Waals surface area (Å²) in [6.07, 6.45) is 0.225. The largest absolute Gasteiger partial charge is 0.497 e. The van der Waals surface area contributed by atoms with Gasteiger partial charge in [-0.05, 0) is 44.0 Å². The third kappa shape index (κ3) is 1.51. The van der Waals surface area contributed by atoms with Crippen LogP contribution in [0.2, 0.25) is 0 Å². The van der Waals surface area contributed by atoms with Crippen molar-refractivity contribution >= 4 is 5.69 Å². The van der Waals surface area contributed by atoms with E-state index in [0.717, 1.165) is 17.0 Å². The molecule has 4 atom stereocenters. The second-order valence-electron chi connectivity index (χ2n) is 6.93. The summed E-state index contributed by atoms with van der Waals surface area (Å²) in [5.41, 5.74) is 0.388. The highest BCUT2D eigenvalue weighted by atomic mass is 16.8. The maximum atomic E-state index is 11.3. The van der Waals surface area contributed by atoms with Gasteiger partial charge >= 0.3 is 0 Å². The van der Waals surface area contributed by atoms with Crippen molar-refractivity contribution in [1.82, 2.24) is 0 Å². The van der Waals surface area contributed by atoms with E-state index >= 15 is 0 Å². The van der Waals surface area contributed by atoms with Crippen LogP contribution in [0.15, 0.2) is 18.2 Å². The van der Waals surface area contributed by atoms with Crippen molar-refractivity contribution in [2.24, 2.45) is 0 Å². The van der Waals surface area contributed by atoms with Crippen molar-refractivity contribution in [3.8, 4) is 5.75 Å². The highest BCUT2D eigenvalue weighted by Crippen LogP contribution is 2.60. The first kappa shape index (κ1) is 13.4. The van der Waals surface area contributed by atoms with Crippen LogP contribution in [-0.2, 0) is 14.9 Å². The second kappa shape index (κ2) is 3.72. The first-order valence-corrected chi connectivity index (χ1v) is 7.34. The lowest BCUT2D eigenvalue weighted by atomic mass is 9.77. The van der Waals surface area contributed by atoms with Gasteiger partial charge in [0, 0.05) is 11.1 Å². The molecule has 1 saturated carbocycles. The monoisotopic (exact) mass is 291 g/mol. The SMILES string of the molecule is COc1ccc2c(c1)[C@]1(C)C[C@H]3OC(C)(C)O[C@H]3[C@]1(O)N2. The number of rotatable bonds is 1. The molecule has 1 aromatic rings. The van der Waals surface area contributed by atoms with Crippen molar-refractivity contribution in [2.75, 3.05) is 12.4 Å². The number of benzene rings is 1. The second-order valence-corrected chi connectivity index (χ2v) is 6.93. The van der Waals surface area contributed by atoms with E-state index in [9.17, 15) is 5.11 Å². The van der Waals surface area contributed by atoms with Crippen molar-refractivity contribution in [3.05, 3.63) is 23.8 Å². The number of fused-ring (bicyclic) bond motifs is 5. The minimum Gasteiger partial charge on any atom is -0.497 e. The van der Waals surface area contributed by atoms with Crippen LogP contribution in [0.1, 0.15) is 32.8 Å². The van der Waals surface area contributed by atoms with Gasteiger partial charge in [-0.15, -0.1) is 0 Å². The molecule has 21 heavy (non-hydrogen) atoms. The molecule has 1 aliphatic carbocycles. The van der Waals surface area contributed by atoms with Gasteiger partial charge in [0.2, 0.25) is 0 Å². The van der Waals surface area contributed by atoms with Crippen LogP contribution in [0, 0.1) is 0 Å². The number of ether oxygens (including phenoxy) is 3. The van der Waals surface area contributed by atoms with Crippen LogP contribution in [0.5, 0.6) is 5.75 Å². The van der Waals surface area contributed by atoms with E-state index in [1.807, 2.05) is 32.0 Å². The van der Waals surface area contributed by atoms with E-state index in [2.05, 4.69) is 12.2 Å². The Morgan fingerprint density at radius 2 is 2.05 bits per heavy atom. The van der Waals surface area contributed by atoms with E-state index < -0.39 is 16.9 Å². The molecule has 114 valence electrons. The van der Waals surface area contributed by atoms with Crippen LogP contribution in [-0.4, -0.2) is 35.9 Å². The van der Waals surface area contributed by atoms with Gasteiger partial charge in [0.1, 0.15) is 11.9 Å². The first-order chi connectivity index (χ1) is 9.79. The Bertz CT molecular complexity index is 616. The predicted octanol–water partition coefficient (Wildman–Crippen LogP) is 1.99. The summed E-state index contributed by atoms with van der Waals surface area (Å²) >= 11 is 0. The molecular weight excluding hydrogens is 270 g/mol. The number of nitrogens with one attached hydrogen (secondary N) is 1. The zero-order valence-electron chi connectivity index (χ0n) is 12.8. The minimum absolute atomic E-state index is 0.109.